The normalized spacial score (nSPS) is 13.2. The lowest BCUT2D eigenvalue weighted by Crippen LogP contribution is -2.23. The zero-order valence-electron chi connectivity index (χ0n) is 7.92. The molecule has 0 aliphatic rings. The Balaban J connectivity index is 2.95. The van der Waals surface area contributed by atoms with E-state index >= 15 is 0 Å². The molecule has 0 bridgehead atoms. The van der Waals surface area contributed by atoms with Gasteiger partial charge in [-0.1, -0.05) is 0 Å². The van der Waals surface area contributed by atoms with Gasteiger partial charge in [0.1, 0.15) is 5.82 Å². The molecule has 0 radical (unpaired) electrons. The molecule has 1 rings (SSSR count). The molecule has 0 fully saturated rings. The van der Waals surface area contributed by atoms with Crippen LogP contribution in [-0.2, 0) is 11.0 Å². The number of carboxylic acids is 1. The number of halogens is 4. The van der Waals surface area contributed by atoms with E-state index < -0.39 is 39.5 Å². The van der Waals surface area contributed by atoms with Crippen LogP contribution in [0.4, 0.5) is 23.2 Å². The smallest absolute Gasteiger partial charge is 0.478 e. The largest absolute Gasteiger partial charge is 0.490 e. The number of hydrogen-bond donors (Lipinski definition) is 2. The van der Waals surface area contributed by atoms with Crippen LogP contribution in [0.2, 0.25) is 0 Å². The Morgan fingerprint density at radius 3 is 2.35 bits per heavy atom. The highest BCUT2D eigenvalue weighted by Gasteiger charge is 2.37. The van der Waals surface area contributed by atoms with Crippen molar-refractivity contribution in [3.8, 4) is 0 Å². The fraction of sp³-hybridized carbons (Fsp3) is 0.125. The van der Waals surface area contributed by atoms with Gasteiger partial charge in [0.2, 0.25) is 11.0 Å². The Morgan fingerprint density at radius 2 is 1.94 bits per heavy atom. The molecule has 1 aromatic carbocycles. The third-order valence-electron chi connectivity index (χ3n) is 1.63. The van der Waals surface area contributed by atoms with E-state index in [2.05, 4.69) is 0 Å². The van der Waals surface area contributed by atoms with Crippen molar-refractivity contribution in [2.75, 3.05) is 4.72 Å². The van der Waals surface area contributed by atoms with Crippen LogP contribution in [0.15, 0.2) is 18.2 Å². The molecule has 0 aromatic heterocycles. The number of carbonyl (C=O) groups is 1. The molecule has 0 saturated heterocycles. The van der Waals surface area contributed by atoms with E-state index in [4.69, 9.17) is 5.11 Å². The van der Waals surface area contributed by atoms with E-state index in [0.717, 1.165) is 12.1 Å². The fourth-order valence-corrected chi connectivity index (χ4v) is 1.37. The highest BCUT2D eigenvalue weighted by atomic mass is 32.2. The first-order chi connectivity index (χ1) is 7.71. The fourth-order valence-electron chi connectivity index (χ4n) is 0.889. The van der Waals surface area contributed by atoms with Crippen molar-refractivity contribution in [1.82, 2.24) is 0 Å². The summed E-state index contributed by atoms with van der Waals surface area (Å²) >= 11 is 0. The Kier molecular flexibility index (Phi) is 3.71. The molecule has 0 aliphatic heterocycles. The molecule has 1 aromatic rings. The molecule has 17 heavy (non-hydrogen) atoms. The van der Waals surface area contributed by atoms with Crippen molar-refractivity contribution in [3.05, 3.63) is 29.6 Å². The van der Waals surface area contributed by atoms with Crippen LogP contribution >= 0.6 is 0 Å². The summed E-state index contributed by atoms with van der Waals surface area (Å²) in [4.78, 5) is 10.4. The summed E-state index contributed by atoms with van der Waals surface area (Å²) in [6, 6.07) is 2.18. The molecule has 0 aliphatic carbocycles. The maximum absolute atomic E-state index is 13.1. The SMILES string of the molecule is O=C(O)c1ccc(NS(=O)C(F)(F)F)c(F)c1. The average Bonchev–Trinajstić information content (AvgIpc) is 2.19. The summed E-state index contributed by atoms with van der Waals surface area (Å²) in [7, 11) is -3.45. The second kappa shape index (κ2) is 4.70. The Bertz CT molecular complexity index is 474. The summed E-state index contributed by atoms with van der Waals surface area (Å²) in [6.07, 6.45) is 0. The standard InChI is InChI=1S/C8H5F4NO3S/c9-5-3-4(7(14)15)1-2-6(5)13-17(16)8(10,11)12/h1-3,13H,(H,14,15). The van der Waals surface area contributed by atoms with E-state index in [1.54, 1.807) is 0 Å². The lowest BCUT2D eigenvalue weighted by atomic mass is 10.2. The lowest BCUT2D eigenvalue weighted by Gasteiger charge is -2.09. The van der Waals surface area contributed by atoms with Crippen LogP contribution in [0.5, 0.6) is 0 Å². The van der Waals surface area contributed by atoms with Gasteiger partial charge in [0, 0.05) is 0 Å². The van der Waals surface area contributed by atoms with E-state index in [0.29, 0.717) is 6.07 Å². The van der Waals surface area contributed by atoms with Crippen LogP contribution in [0.25, 0.3) is 0 Å². The number of hydrogen-bond acceptors (Lipinski definition) is 2. The second-order valence-electron chi connectivity index (χ2n) is 2.82. The summed E-state index contributed by atoms with van der Waals surface area (Å²) in [5.74, 6) is -2.66. The highest BCUT2D eigenvalue weighted by Crippen LogP contribution is 2.23. The van der Waals surface area contributed by atoms with Crippen LogP contribution in [0.1, 0.15) is 10.4 Å². The highest BCUT2D eigenvalue weighted by molar-refractivity contribution is 7.87. The molecule has 0 amide bonds. The molecule has 1 unspecified atom stereocenters. The number of benzene rings is 1. The van der Waals surface area contributed by atoms with Gasteiger partial charge in [-0.2, -0.15) is 13.2 Å². The molecule has 0 spiro atoms. The Labute approximate surface area is 94.8 Å². The molecule has 0 heterocycles. The average molecular weight is 271 g/mol. The third kappa shape index (κ3) is 3.41. The molecule has 9 heteroatoms. The van der Waals surface area contributed by atoms with Gasteiger partial charge in [0.05, 0.1) is 11.3 Å². The van der Waals surface area contributed by atoms with Crippen LogP contribution in [-0.4, -0.2) is 20.8 Å². The van der Waals surface area contributed by atoms with Crippen LogP contribution in [0.3, 0.4) is 0 Å². The van der Waals surface area contributed by atoms with E-state index in [-0.39, 0.29) is 0 Å². The monoisotopic (exact) mass is 271 g/mol. The number of carboxylic acid groups (broad SMARTS) is 1. The molecule has 2 N–H and O–H groups in total. The van der Waals surface area contributed by atoms with E-state index in [1.165, 1.54) is 4.72 Å². The third-order valence-corrected chi connectivity index (χ3v) is 2.45. The summed E-state index contributed by atoms with van der Waals surface area (Å²) < 4.78 is 60.8. The minimum absolute atomic E-state index is 0.425. The number of anilines is 1. The lowest BCUT2D eigenvalue weighted by molar-refractivity contribution is -0.0379. The molecule has 1 atom stereocenters. The van der Waals surface area contributed by atoms with Crippen LogP contribution < -0.4 is 4.72 Å². The van der Waals surface area contributed by atoms with Gasteiger partial charge in [0.15, 0.2) is 0 Å². The first-order valence-electron chi connectivity index (χ1n) is 4.00. The predicted octanol–water partition coefficient (Wildman–Crippen LogP) is 2.12. The molecule has 94 valence electrons. The van der Waals surface area contributed by atoms with Gasteiger partial charge in [0.25, 0.3) is 0 Å². The minimum atomic E-state index is -5.03. The van der Waals surface area contributed by atoms with Crippen molar-refractivity contribution in [1.29, 1.82) is 0 Å². The van der Waals surface area contributed by atoms with Crippen molar-refractivity contribution < 1.29 is 31.7 Å². The molecule has 4 nitrogen and oxygen atoms in total. The van der Waals surface area contributed by atoms with Crippen molar-refractivity contribution >= 4 is 22.6 Å². The van der Waals surface area contributed by atoms with Crippen molar-refractivity contribution in [3.63, 3.8) is 0 Å². The van der Waals surface area contributed by atoms with Gasteiger partial charge in [-0.25, -0.2) is 13.4 Å². The second-order valence-corrected chi connectivity index (χ2v) is 4.02. The number of rotatable bonds is 3. The Hall–Kier alpha value is -1.64. The number of alkyl halides is 3. The van der Waals surface area contributed by atoms with E-state index in [1.807, 2.05) is 0 Å². The maximum atomic E-state index is 13.1. The van der Waals surface area contributed by atoms with Crippen molar-refractivity contribution in [2.45, 2.75) is 5.51 Å². The topological polar surface area (TPSA) is 66.4 Å². The minimum Gasteiger partial charge on any atom is -0.478 e. The zero-order chi connectivity index (χ0) is 13.2. The summed E-state index contributed by atoms with van der Waals surface area (Å²) in [5, 5.41) is 8.48. The molecular weight excluding hydrogens is 266 g/mol. The Morgan fingerprint density at radius 1 is 1.35 bits per heavy atom. The van der Waals surface area contributed by atoms with E-state index in [9.17, 15) is 26.6 Å². The molecular formula is C8H5F4NO3S. The molecule has 0 saturated carbocycles. The van der Waals surface area contributed by atoms with Gasteiger partial charge in [-0.3, -0.25) is 4.72 Å². The quantitative estimate of drug-likeness (QED) is 0.827. The van der Waals surface area contributed by atoms with Crippen molar-refractivity contribution in [2.24, 2.45) is 0 Å². The predicted molar refractivity (Wildman–Crippen MR) is 51.2 cm³/mol. The summed E-state index contributed by atoms with van der Waals surface area (Å²) in [6.45, 7) is 0. The number of aromatic carboxylic acids is 1. The first-order valence-corrected chi connectivity index (χ1v) is 5.15. The maximum Gasteiger partial charge on any atom is 0.490 e. The van der Waals surface area contributed by atoms with Gasteiger partial charge in [-0.05, 0) is 18.2 Å². The summed E-state index contributed by atoms with van der Waals surface area (Å²) in [5.41, 5.74) is -6.14. The first kappa shape index (κ1) is 13.4. The van der Waals surface area contributed by atoms with Gasteiger partial charge in [-0.15, -0.1) is 0 Å². The van der Waals surface area contributed by atoms with Gasteiger partial charge >= 0.3 is 11.5 Å². The number of nitrogens with one attached hydrogen (secondary N) is 1. The van der Waals surface area contributed by atoms with Crippen LogP contribution in [0, 0.1) is 5.82 Å². The zero-order valence-corrected chi connectivity index (χ0v) is 8.73. The van der Waals surface area contributed by atoms with Gasteiger partial charge < -0.3 is 5.11 Å².